The predicted octanol–water partition coefficient (Wildman–Crippen LogP) is 8.38. The summed E-state index contributed by atoms with van der Waals surface area (Å²) < 4.78 is 5.31. The van der Waals surface area contributed by atoms with E-state index in [1.807, 2.05) is 42.8 Å². The first kappa shape index (κ1) is 64.3. The van der Waals surface area contributed by atoms with E-state index in [1.165, 1.54) is 70.0 Å². The molecule has 24 nitrogen and oxygen atoms in total. The number of rotatable bonds is 29. The van der Waals surface area contributed by atoms with Gasteiger partial charge in [0.2, 0.25) is 17.7 Å². The molecule has 8 N–H and O–H groups in total. The van der Waals surface area contributed by atoms with Gasteiger partial charge >= 0.3 is 11.9 Å². The second kappa shape index (κ2) is 29.2. The normalized spacial score (nSPS) is 14.4. The number of primary amides is 1. The number of amides is 6. The maximum Gasteiger partial charge on any atom is 0.307 e. The van der Waals surface area contributed by atoms with Gasteiger partial charge < -0.3 is 42.0 Å². The molecule has 30 heteroatoms. The Morgan fingerprint density at radius 3 is 2.16 bits per heavy atom. The molecule has 6 amide bonds. The van der Waals surface area contributed by atoms with Gasteiger partial charge in [-0.3, -0.25) is 43.3 Å². The number of benzene rings is 1. The largest absolute Gasteiger partial charge is 0.481 e. The maximum absolute atomic E-state index is 14.4. The van der Waals surface area contributed by atoms with Crippen LogP contribution in [0.3, 0.4) is 0 Å². The van der Waals surface area contributed by atoms with Crippen molar-refractivity contribution in [2.45, 2.75) is 90.8 Å². The Bertz CT molecular complexity index is 3870. The van der Waals surface area contributed by atoms with Crippen LogP contribution in [0, 0.1) is 24.7 Å². The highest BCUT2D eigenvalue weighted by atomic mass is 32.1. The number of methoxy groups -OCH3 is 1. The van der Waals surface area contributed by atoms with Crippen molar-refractivity contribution in [1.82, 2.24) is 56.2 Å². The highest BCUT2D eigenvalue weighted by Crippen LogP contribution is 2.41. The molecule has 1 unspecified atom stereocenters. The fourth-order valence-electron chi connectivity index (χ4n) is 9.43. The average Bonchev–Trinajstić information content (AvgIpc) is 3.59. The van der Waals surface area contributed by atoms with Crippen LogP contribution in [-0.2, 0) is 48.2 Å². The number of nitrogens with zero attached hydrogens (tertiary/aromatic N) is 8. The Hall–Kier alpha value is -8.13. The van der Waals surface area contributed by atoms with E-state index in [1.54, 1.807) is 41.2 Å². The molecule has 0 spiro atoms. The quantitative estimate of drug-likeness (QED) is 0.0216. The van der Waals surface area contributed by atoms with E-state index in [0.29, 0.717) is 83.8 Å². The van der Waals surface area contributed by atoms with Crippen LogP contribution in [0.15, 0.2) is 64.0 Å². The zero-order chi connectivity index (χ0) is 62.8. The van der Waals surface area contributed by atoms with Crippen molar-refractivity contribution in [3.63, 3.8) is 0 Å². The van der Waals surface area contributed by atoms with Crippen LogP contribution in [-0.4, -0.2) is 120 Å². The minimum Gasteiger partial charge on any atom is -0.481 e. The molecule has 1 aliphatic rings. The van der Waals surface area contributed by atoms with Crippen LogP contribution in [0.2, 0.25) is 0 Å². The molecule has 0 aliphatic heterocycles. The average molecular weight is 1310 g/mol. The van der Waals surface area contributed by atoms with E-state index in [9.17, 15) is 48.6 Å². The maximum atomic E-state index is 14.4. The minimum absolute atomic E-state index is 0.0145. The Morgan fingerprint density at radius 2 is 1.45 bits per heavy atom. The second-order valence-electron chi connectivity index (χ2n) is 20.7. The number of carbonyl (C=O) groups is 8. The third kappa shape index (κ3) is 15.6. The van der Waals surface area contributed by atoms with Crippen LogP contribution in [0.5, 0.6) is 0 Å². The lowest BCUT2D eigenvalue weighted by atomic mass is 9.73. The van der Waals surface area contributed by atoms with E-state index in [-0.39, 0.29) is 65.7 Å². The lowest BCUT2D eigenvalue weighted by molar-refractivity contribution is -0.152. The highest BCUT2D eigenvalue weighted by molar-refractivity contribution is 7.15. The SMILES string of the molecule is CNC(=O)C[C@H](NC(=O)c1csc(-c2ccc(-c3nc(N(CCCCC(=O)O)C(=O)[C@H]4CC[C@H]4C(=O)O)cs3)nc2-c2csc(-c3csc(CCc4ccccc4)n3)n2)n1)c1nc(C(=O)NC(c2nc(C(=O)NCC(N)=O)c(COC)s2)C(C)C)c(C)s1. The number of aryl methyl sites for hydroxylation is 3. The van der Waals surface area contributed by atoms with Crippen LogP contribution in [0.25, 0.3) is 43.4 Å². The van der Waals surface area contributed by atoms with Gasteiger partial charge in [0.05, 0.1) is 59.1 Å². The van der Waals surface area contributed by atoms with Crippen LogP contribution in [0.4, 0.5) is 5.82 Å². The fraction of sp³-hybridized carbons (Fsp3) is 0.362. The number of anilines is 1. The Balaban J connectivity index is 0.992. The zero-order valence-electron chi connectivity index (χ0n) is 48.2. The number of unbranched alkanes of at least 4 members (excludes halogenated alkanes) is 1. The van der Waals surface area contributed by atoms with Crippen molar-refractivity contribution in [2.24, 2.45) is 23.5 Å². The lowest BCUT2D eigenvalue weighted by Crippen LogP contribution is -2.46. The lowest BCUT2D eigenvalue weighted by Gasteiger charge is -2.35. The molecule has 1 fully saturated rings. The topological polar surface area (TPSA) is 354 Å². The molecule has 7 heterocycles. The number of ether oxygens (including phenoxy) is 1. The Morgan fingerprint density at radius 1 is 0.727 bits per heavy atom. The number of carboxylic acids is 2. The predicted molar refractivity (Wildman–Crippen MR) is 335 cm³/mol. The standard InChI is InChI=1S/C58H61N13O11S6/c1-28(2)45(56-70-48(39(88-56)23-82-5)50(77)61-22-40(59)72)68-51(78)46-29(3)87-55(69-46)35(21-42(73)60-4)64-49(76)37-25-84-52(66-37)33-17-18-34(53-67-41(27-86-53)71(20-10-9-13-44(74)75)57(79)31-15-16-32(31)58(80)81)63-47(33)36-24-85-54(65-36)38-26-83-43(62-38)19-14-30-11-7-6-8-12-30/h6-8,11-12,17-18,24-28,31-32,35,45H,9-10,13-16,19-23H2,1-5H3,(H2,59,72)(H,60,73)(H,61,77)(H,64,76)(H,68,78)(H,74,75)(H,80,81)/t31-,32+,35-,45?/m0/s1. The van der Waals surface area contributed by atoms with Gasteiger partial charge in [0, 0.05) is 65.5 Å². The first-order valence-corrected chi connectivity index (χ1v) is 32.9. The monoisotopic (exact) mass is 1310 g/mol. The third-order valence-corrected chi connectivity index (χ3v) is 19.9. The third-order valence-electron chi connectivity index (χ3n) is 14.2. The molecular formula is C58H61N13O11S6. The molecule has 1 saturated carbocycles. The summed E-state index contributed by atoms with van der Waals surface area (Å²) in [6.45, 7) is 5.21. The van der Waals surface area contributed by atoms with Gasteiger partial charge in [-0.1, -0.05) is 44.2 Å². The summed E-state index contributed by atoms with van der Waals surface area (Å²) in [6.07, 6.45) is 2.66. The summed E-state index contributed by atoms with van der Waals surface area (Å²) in [5.74, 6) is -6.90. The first-order valence-electron chi connectivity index (χ1n) is 27.8. The molecule has 8 aromatic rings. The smallest absolute Gasteiger partial charge is 0.307 e. The second-order valence-corrected chi connectivity index (χ2v) is 26.6. The Labute approximate surface area is 528 Å². The molecule has 1 aliphatic carbocycles. The van der Waals surface area contributed by atoms with Gasteiger partial charge in [0.25, 0.3) is 17.7 Å². The van der Waals surface area contributed by atoms with Gasteiger partial charge in [-0.15, -0.1) is 68.0 Å². The first-order chi connectivity index (χ1) is 42.3. The summed E-state index contributed by atoms with van der Waals surface area (Å²) in [4.78, 5) is 140. The summed E-state index contributed by atoms with van der Waals surface area (Å²) in [6, 6.07) is 12.0. The number of carboxylic acid groups (broad SMARTS) is 2. The number of aliphatic carboxylic acids is 2. The van der Waals surface area contributed by atoms with Crippen molar-refractivity contribution >= 4 is 121 Å². The van der Waals surface area contributed by atoms with E-state index >= 15 is 0 Å². The summed E-state index contributed by atoms with van der Waals surface area (Å²) in [7, 11) is 2.92. The minimum atomic E-state index is -1.05. The molecule has 7 aromatic heterocycles. The van der Waals surface area contributed by atoms with Crippen molar-refractivity contribution in [2.75, 3.05) is 32.1 Å². The number of pyridine rings is 1. The summed E-state index contributed by atoms with van der Waals surface area (Å²) >= 11 is 7.63. The van der Waals surface area contributed by atoms with E-state index in [4.69, 9.17) is 35.4 Å². The fourth-order valence-corrected chi connectivity index (χ4v) is 14.9. The number of nitrogens with one attached hydrogen (secondary N) is 4. The van der Waals surface area contributed by atoms with Crippen molar-refractivity contribution in [3.8, 4) is 43.4 Å². The van der Waals surface area contributed by atoms with Crippen molar-refractivity contribution in [3.05, 3.63) is 111 Å². The van der Waals surface area contributed by atoms with E-state index in [2.05, 4.69) is 43.4 Å². The molecule has 0 bridgehead atoms. The van der Waals surface area contributed by atoms with Crippen LogP contribution < -0.4 is 31.9 Å². The number of thiazole rings is 6. The van der Waals surface area contributed by atoms with Crippen LogP contribution in [0.1, 0.15) is 126 Å². The van der Waals surface area contributed by atoms with Gasteiger partial charge in [-0.05, 0) is 62.6 Å². The van der Waals surface area contributed by atoms with Crippen molar-refractivity contribution < 1.29 is 53.3 Å². The van der Waals surface area contributed by atoms with Crippen molar-refractivity contribution in [1.29, 1.82) is 0 Å². The highest BCUT2D eigenvalue weighted by Gasteiger charge is 2.44. The molecule has 0 saturated heterocycles. The molecule has 1 aromatic carbocycles. The molecule has 0 radical (unpaired) electrons. The number of hydrogen-bond acceptors (Lipinski definition) is 22. The number of carbonyl (C=O) groups excluding carboxylic acids is 6. The Kier molecular flexibility index (Phi) is 21.4. The van der Waals surface area contributed by atoms with Gasteiger partial charge in [0.15, 0.2) is 0 Å². The van der Waals surface area contributed by atoms with Gasteiger partial charge in [-0.2, -0.15) is 0 Å². The number of nitrogens with two attached hydrogens (primary N) is 1. The van der Waals surface area contributed by atoms with E-state index in [0.717, 1.165) is 29.2 Å². The molecular weight excluding hydrogens is 1250 g/mol. The molecule has 9 rings (SSSR count). The van der Waals surface area contributed by atoms with Gasteiger partial charge in [0.1, 0.15) is 65.0 Å². The van der Waals surface area contributed by atoms with Gasteiger partial charge in [-0.25, -0.2) is 34.9 Å². The molecule has 88 heavy (non-hydrogen) atoms. The zero-order valence-corrected chi connectivity index (χ0v) is 53.1. The summed E-state index contributed by atoms with van der Waals surface area (Å²) in [5.41, 5.74) is 9.06. The molecule has 4 atom stereocenters. The molecule has 460 valence electrons. The number of aromatic nitrogens is 7. The number of hydrogen-bond donors (Lipinski definition) is 7. The summed E-state index contributed by atoms with van der Waals surface area (Å²) in [5, 5.41) is 40.3. The van der Waals surface area contributed by atoms with Crippen LogP contribution >= 0.6 is 68.0 Å². The van der Waals surface area contributed by atoms with E-state index < -0.39 is 71.9 Å².